The van der Waals surface area contributed by atoms with Gasteiger partial charge in [-0.15, -0.1) is 0 Å². The molecule has 2 fully saturated rings. The van der Waals surface area contributed by atoms with E-state index in [9.17, 15) is 4.79 Å². The second kappa shape index (κ2) is 3.22. The summed E-state index contributed by atoms with van der Waals surface area (Å²) in [5.74, 6) is 2.19. The highest BCUT2D eigenvalue weighted by Gasteiger charge is 2.41. The normalized spacial score (nSPS) is 31.4. The van der Waals surface area contributed by atoms with Crippen LogP contribution in [0, 0.1) is 11.8 Å². The lowest BCUT2D eigenvalue weighted by Gasteiger charge is -2.20. The number of rotatable bonds is 1. The number of fused-ring (bicyclic) bond motifs is 3. The Morgan fingerprint density at radius 3 is 3.06 bits per heavy atom. The molecule has 0 amide bonds. The smallest absolute Gasteiger partial charge is 0.272 e. The molecule has 3 unspecified atom stereocenters. The van der Waals surface area contributed by atoms with Gasteiger partial charge in [-0.3, -0.25) is 9.89 Å². The zero-order valence-electron chi connectivity index (χ0n) is 9.60. The van der Waals surface area contributed by atoms with Crippen molar-refractivity contribution in [3.8, 4) is 0 Å². The zero-order chi connectivity index (χ0) is 11.4. The first-order chi connectivity index (χ1) is 8.31. The molecule has 2 aromatic heterocycles. The van der Waals surface area contributed by atoms with E-state index in [-0.39, 0.29) is 5.56 Å². The molecule has 2 aliphatic rings. The van der Waals surface area contributed by atoms with E-state index in [0.717, 1.165) is 23.2 Å². The van der Waals surface area contributed by atoms with Crippen LogP contribution < -0.4 is 5.56 Å². The Bertz CT molecular complexity index is 627. The maximum absolute atomic E-state index is 11.9. The molecule has 0 radical (unpaired) electrons. The lowest BCUT2D eigenvalue weighted by molar-refractivity contribution is 0.413. The van der Waals surface area contributed by atoms with E-state index in [4.69, 9.17) is 0 Å². The first kappa shape index (κ1) is 9.45. The lowest BCUT2D eigenvalue weighted by Crippen LogP contribution is -2.19. The van der Waals surface area contributed by atoms with E-state index in [1.807, 2.05) is 6.07 Å². The van der Waals surface area contributed by atoms with Crippen LogP contribution in [-0.2, 0) is 0 Å². The van der Waals surface area contributed by atoms with Crippen molar-refractivity contribution in [2.45, 2.75) is 31.6 Å². The van der Waals surface area contributed by atoms with E-state index in [0.29, 0.717) is 5.92 Å². The van der Waals surface area contributed by atoms with Crippen LogP contribution in [-0.4, -0.2) is 14.6 Å². The third-order valence-electron chi connectivity index (χ3n) is 4.52. The van der Waals surface area contributed by atoms with Crippen LogP contribution in [0.15, 0.2) is 23.1 Å². The molecule has 2 bridgehead atoms. The average Bonchev–Trinajstić information content (AvgIpc) is 3.04. The molecule has 4 heteroatoms. The first-order valence-corrected chi connectivity index (χ1v) is 6.38. The molecule has 0 spiro atoms. The van der Waals surface area contributed by atoms with Crippen LogP contribution >= 0.6 is 0 Å². The minimum Gasteiger partial charge on any atom is -0.297 e. The molecule has 0 aliphatic heterocycles. The van der Waals surface area contributed by atoms with E-state index in [2.05, 4.69) is 10.1 Å². The molecular formula is C13H15N3O. The van der Waals surface area contributed by atoms with Gasteiger partial charge in [0.1, 0.15) is 0 Å². The Morgan fingerprint density at radius 2 is 2.29 bits per heavy atom. The van der Waals surface area contributed by atoms with E-state index < -0.39 is 0 Å². The maximum Gasteiger partial charge on any atom is 0.272 e. The van der Waals surface area contributed by atoms with Crippen LogP contribution in [0.1, 0.15) is 37.3 Å². The van der Waals surface area contributed by atoms with E-state index >= 15 is 0 Å². The second-order valence-corrected chi connectivity index (χ2v) is 5.46. The highest BCUT2D eigenvalue weighted by atomic mass is 16.1. The van der Waals surface area contributed by atoms with Gasteiger partial charge in [-0.2, -0.15) is 0 Å². The van der Waals surface area contributed by atoms with Gasteiger partial charge in [-0.05, 0) is 31.1 Å². The molecule has 4 rings (SSSR count). The summed E-state index contributed by atoms with van der Waals surface area (Å²) in [4.78, 5) is 16.5. The summed E-state index contributed by atoms with van der Waals surface area (Å²) in [6, 6.07) is 3.58. The first-order valence-electron chi connectivity index (χ1n) is 6.38. The van der Waals surface area contributed by atoms with Gasteiger partial charge >= 0.3 is 0 Å². The number of nitrogens with zero attached hydrogens (tertiary/aromatic N) is 2. The van der Waals surface area contributed by atoms with Gasteiger partial charge in [-0.25, -0.2) is 9.50 Å². The number of hydrogen-bond acceptors (Lipinski definition) is 2. The molecule has 0 aromatic carbocycles. The van der Waals surface area contributed by atoms with E-state index in [1.54, 1.807) is 12.3 Å². The molecule has 2 heterocycles. The highest BCUT2D eigenvalue weighted by Crippen LogP contribution is 2.52. The van der Waals surface area contributed by atoms with Crippen molar-refractivity contribution >= 4 is 5.65 Å². The minimum atomic E-state index is 0.0118. The summed E-state index contributed by atoms with van der Waals surface area (Å²) in [6.45, 7) is 0. The quantitative estimate of drug-likeness (QED) is 0.812. The maximum atomic E-state index is 11.9. The molecule has 0 saturated heterocycles. The van der Waals surface area contributed by atoms with Gasteiger partial charge in [0.25, 0.3) is 5.56 Å². The van der Waals surface area contributed by atoms with Crippen molar-refractivity contribution in [2.24, 2.45) is 11.8 Å². The Labute approximate surface area is 98.7 Å². The summed E-state index contributed by atoms with van der Waals surface area (Å²) in [5, 5.41) is 2.88. The third-order valence-corrected chi connectivity index (χ3v) is 4.52. The Balaban J connectivity index is 1.83. The highest BCUT2D eigenvalue weighted by molar-refractivity contribution is 5.37. The topological polar surface area (TPSA) is 50.2 Å². The summed E-state index contributed by atoms with van der Waals surface area (Å²) in [5.41, 5.74) is 1.77. The fraction of sp³-hybridized carbons (Fsp3) is 0.538. The largest absolute Gasteiger partial charge is 0.297 e. The van der Waals surface area contributed by atoms with Crippen LogP contribution in [0.25, 0.3) is 5.65 Å². The van der Waals surface area contributed by atoms with Gasteiger partial charge in [0.2, 0.25) is 0 Å². The van der Waals surface area contributed by atoms with Crippen molar-refractivity contribution in [1.82, 2.24) is 14.6 Å². The number of hydrogen-bond donors (Lipinski definition) is 1. The SMILES string of the molecule is O=c1cc(C2CC3CCC2C3)nc2cc[nH]n12. The van der Waals surface area contributed by atoms with Gasteiger partial charge in [-0.1, -0.05) is 6.42 Å². The van der Waals surface area contributed by atoms with Crippen molar-refractivity contribution < 1.29 is 0 Å². The van der Waals surface area contributed by atoms with Gasteiger partial charge < -0.3 is 0 Å². The molecule has 17 heavy (non-hydrogen) atoms. The molecule has 1 N–H and O–H groups in total. The van der Waals surface area contributed by atoms with Crippen molar-refractivity contribution in [2.75, 3.05) is 0 Å². The van der Waals surface area contributed by atoms with Crippen molar-refractivity contribution in [3.63, 3.8) is 0 Å². The van der Waals surface area contributed by atoms with Crippen molar-refractivity contribution in [3.05, 3.63) is 34.4 Å². The summed E-state index contributed by atoms with van der Waals surface area (Å²) in [6.07, 6.45) is 7.04. The fourth-order valence-corrected chi connectivity index (χ4v) is 3.74. The van der Waals surface area contributed by atoms with Gasteiger partial charge in [0, 0.05) is 24.2 Å². The molecular weight excluding hydrogens is 214 g/mol. The lowest BCUT2D eigenvalue weighted by atomic mass is 9.86. The Kier molecular flexibility index (Phi) is 1.79. The summed E-state index contributed by atoms with van der Waals surface area (Å²) >= 11 is 0. The molecule has 2 saturated carbocycles. The Morgan fingerprint density at radius 1 is 1.35 bits per heavy atom. The molecule has 4 nitrogen and oxygen atoms in total. The van der Waals surface area contributed by atoms with Crippen LogP contribution in [0.2, 0.25) is 0 Å². The third kappa shape index (κ3) is 1.30. The number of aromatic nitrogens is 3. The monoisotopic (exact) mass is 229 g/mol. The molecule has 3 atom stereocenters. The van der Waals surface area contributed by atoms with E-state index in [1.165, 1.54) is 30.2 Å². The number of nitrogens with one attached hydrogen (secondary N) is 1. The summed E-state index contributed by atoms with van der Waals surface area (Å²) in [7, 11) is 0. The fourth-order valence-electron chi connectivity index (χ4n) is 3.74. The van der Waals surface area contributed by atoms with Crippen molar-refractivity contribution in [1.29, 1.82) is 0 Å². The summed E-state index contributed by atoms with van der Waals surface area (Å²) < 4.78 is 1.50. The number of H-pyrrole nitrogens is 1. The predicted octanol–water partition coefficient (Wildman–Crippen LogP) is 1.93. The zero-order valence-corrected chi connectivity index (χ0v) is 9.60. The van der Waals surface area contributed by atoms with Gasteiger partial charge in [0.05, 0.1) is 5.69 Å². The predicted molar refractivity (Wildman–Crippen MR) is 64.0 cm³/mol. The molecule has 2 aliphatic carbocycles. The standard InChI is InChI=1S/C13H15N3O/c17-13-7-11(15-12-3-4-14-16(12)13)10-6-8-1-2-9(10)5-8/h3-4,7-10,14H,1-2,5-6H2. The number of aromatic amines is 1. The van der Waals surface area contributed by atoms with Crippen LogP contribution in [0.5, 0.6) is 0 Å². The minimum absolute atomic E-state index is 0.0118. The average molecular weight is 229 g/mol. The molecule has 2 aromatic rings. The van der Waals surface area contributed by atoms with Gasteiger partial charge in [0.15, 0.2) is 5.65 Å². The molecule has 88 valence electrons. The Hall–Kier alpha value is -1.58. The second-order valence-electron chi connectivity index (χ2n) is 5.46. The van der Waals surface area contributed by atoms with Crippen LogP contribution in [0.4, 0.5) is 0 Å². The van der Waals surface area contributed by atoms with Crippen LogP contribution in [0.3, 0.4) is 0 Å².